The van der Waals surface area contributed by atoms with Gasteiger partial charge in [-0.3, -0.25) is 5.32 Å². The number of rotatable bonds is 4. The zero-order valence-electron chi connectivity index (χ0n) is 11.2. The summed E-state index contributed by atoms with van der Waals surface area (Å²) in [6, 6.07) is 2.55. The Morgan fingerprint density at radius 3 is 2.56 bits per heavy atom. The Bertz CT molecular complexity index is 252. The molecule has 1 aliphatic rings. The average molecular weight is 222 g/mol. The van der Waals surface area contributed by atoms with Gasteiger partial charge >= 0.3 is 0 Å². The Kier molecular flexibility index (Phi) is 4.80. The lowest BCUT2D eigenvalue weighted by atomic mass is 9.72. The van der Waals surface area contributed by atoms with Crippen molar-refractivity contribution in [1.82, 2.24) is 5.32 Å². The van der Waals surface area contributed by atoms with Gasteiger partial charge in [-0.1, -0.05) is 34.1 Å². The summed E-state index contributed by atoms with van der Waals surface area (Å²) in [7, 11) is 0. The minimum atomic E-state index is -0.239. The molecule has 2 unspecified atom stereocenters. The predicted octanol–water partition coefficient (Wildman–Crippen LogP) is 3.34. The lowest BCUT2D eigenvalue weighted by Crippen LogP contribution is -2.49. The Hall–Kier alpha value is -0.550. The molecular weight excluding hydrogens is 196 g/mol. The summed E-state index contributed by atoms with van der Waals surface area (Å²) in [5, 5.41) is 12.9. The highest BCUT2D eigenvalue weighted by atomic mass is 15.0. The van der Waals surface area contributed by atoms with Gasteiger partial charge in [-0.05, 0) is 43.6 Å². The molecule has 0 aromatic carbocycles. The second-order valence-corrected chi connectivity index (χ2v) is 6.07. The number of hydrogen-bond donors (Lipinski definition) is 1. The summed E-state index contributed by atoms with van der Waals surface area (Å²) >= 11 is 0. The van der Waals surface area contributed by atoms with Crippen LogP contribution in [-0.2, 0) is 0 Å². The summed E-state index contributed by atoms with van der Waals surface area (Å²) < 4.78 is 0. The minimum Gasteiger partial charge on any atom is -0.299 e. The zero-order valence-corrected chi connectivity index (χ0v) is 11.2. The van der Waals surface area contributed by atoms with E-state index in [9.17, 15) is 5.26 Å². The molecule has 1 aliphatic carbocycles. The molecule has 0 aromatic heterocycles. The molecule has 0 radical (unpaired) electrons. The van der Waals surface area contributed by atoms with Crippen LogP contribution in [0, 0.1) is 29.1 Å². The molecule has 1 N–H and O–H groups in total. The van der Waals surface area contributed by atoms with Crippen molar-refractivity contribution in [3.8, 4) is 6.07 Å². The Morgan fingerprint density at radius 2 is 2.06 bits per heavy atom. The van der Waals surface area contributed by atoms with Crippen LogP contribution in [0.4, 0.5) is 0 Å². The molecule has 1 fully saturated rings. The fourth-order valence-electron chi connectivity index (χ4n) is 2.59. The number of nitrogens with one attached hydrogen (secondary N) is 1. The van der Waals surface area contributed by atoms with E-state index in [1.807, 2.05) is 0 Å². The normalized spacial score (nSPS) is 30.7. The number of nitriles is 1. The second-order valence-electron chi connectivity index (χ2n) is 6.07. The van der Waals surface area contributed by atoms with E-state index in [-0.39, 0.29) is 5.54 Å². The van der Waals surface area contributed by atoms with Crippen molar-refractivity contribution in [3.63, 3.8) is 0 Å². The fraction of sp³-hybridized carbons (Fsp3) is 0.929. The van der Waals surface area contributed by atoms with Crippen LogP contribution in [0.15, 0.2) is 0 Å². The lowest BCUT2D eigenvalue weighted by molar-refractivity contribution is 0.185. The smallest absolute Gasteiger partial charge is 0.107 e. The van der Waals surface area contributed by atoms with Gasteiger partial charge in [0.25, 0.3) is 0 Å². The summed E-state index contributed by atoms with van der Waals surface area (Å²) in [5.41, 5.74) is -0.239. The monoisotopic (exact) mass is 222 g/mol. The summed E-state index contributed by atoms with van der Waals surface area (Å²) in [5.74, 6) is 2.03. The average Bonchev–Trinajstić information content (AvgIpc) is 2.26. The highest BCUT2D eigenvalue weighted by Gasteiger charge is 2.37. The molecule has 0 spiro atoms. The molecule has 1 rings (SSSR count). The van der Waals surface area contributed by atoms with E-state index in [4.69, 9.17) is 0 Å². The Balaban J connectivity index is 2.61. The molecule has 0 aromatic rings. The van der Waals surface area contributed by atoms with Crippen LogP contribution in [0.25, 0.3) is 0 Å². The van der Waals surface area contributed by atoms with Crippen LogP contribution in [0.5, 0.6) is 0 Å². The van der Waals surface area contributed by atoms with Gasteiger partial charge in [0, 0.05) is 0 Å². The van der Waals surface area contributed by atoms with Crippen LogP contribution in [-0.4, -0.2) is 12.1 Å². The van der Waals surface area contributed by atoms with Crippen molar-refractivity contribution < 1.29 is 0 Å². The zero-order chi connectivity index (χ0) is 12.2. The maximum Gasteiger partial charge on any atom is 0.107 e. The van der Waals surface area contributed by atoms with Gasteiger partial charge in [-0.15, -0.1) is 0 Å². The molecule has 16 heavy (non-hydrogen) atoms. The van der Waals surface area contributed by atoms with Gasteiger partial charge in [0.05, 0.1) is 6.07 Å². The van der Waals surface area contributed by atoms with Crippen molar-refractivity contribution in [2.75, 3.05) is 6.54 Å². The topological polar surface area (TPSA) is 35.8 Å². The van der Waals surface area contributed by atoms with Crippen molar-refractivity contribution in [2.24, 2.45) is 17.8 Å². The first-order chi connectivity index (χ1) is 7.49. The van der Waals surface area contributed by atoms with Crippen molar-refractivity contribution >= 4 is 0 Å². The van der Waals surface area contributed by atoms with Crippen LogP contribution in [0.1, 0.15) is 53.4 Å². The SMILES string of the molecule is CC(C)CNC1(C#N)CCCC(C(C)C)C1. The van der Waals surface area contributed by atoms with E-state index < -0.39 is 0 Å². The molecule has 0 bridgehead atoms. The molecule has 0 amide bonds. The van der Waals surface area contributed by atoms with E-state index in [0.29, 0.717) is 17.8 Å². The van der Waals surface area contributed by atoms with Gasteiger partial charge < -0.3 is 0 Å². The van der Waals surface area contributed by atoms with Gasteiger partial charge in [0.15, 0.2) is 0 Å². The van der Waals surface area contributed by atoms with E-state index in [0.717, 1.165) is 19.4 Å². The quantitative estimate of drug-likeness (QED) is 0.792. The molecule has 2 nitrogen and oxygen atoms in total. The first-order valence-electron chi connectivity index (χ1n) is 6.65. The van der Waals surface area contributed by atoms with Gasteiger partial charge in [-0.2, -0.15) is 5.26 Å². The Labute approximate surface area is 100 Å². The van der Waals surface area contributed by atoms with Crippen molar-refractivity contribution in [1.29, 1.82) is 5.26 Å². The van der Waals surface area contributed by atoms with Crippen LogP contribution >= 0.6 is 0 Å². The third-order valence-electron chi connectivity index (χ3n) is 3.79. The molecule has 2 heteroatoms. The maximum atomic E-state index is 9.44. The van der Waals surface area contributed by atoms with Crippen LogP contribution in [0.2, 0.25) is 0 Å². The molecule has 0 saturated heterocycles. The number of nitrogens with zero attached hydrogens (tertiary/aromatic N) is 1. The van der Waals surface area contributed by atoms with Crippen LogP contribution < -0.4 is 5.32 Å². The molecule has 2 atom stereocenters. The van der Waals surface area contributed by atoms with Crippen molar-refractivity contribution in [3.05, 3.63) is 0 Å². The first-order valence-corrected chi connectivity index (χ1v) is 6.65. The van der Waals surface area contributed by atoms with E-state index >= 15 is 0 Å². The third kappa shape index (κ3) is 3.49. The maximum absolute atomic E-state index is 9.44. The highest BCUT2D eigenvalue weighted by molar-refractivity contribution is 5.10. The molecule has 0 aliphatic heterocycles. The minimum absolute atomic E-state index is 0.239. The van der Waals surface area contributed by atoms with Gasteiger partial charge in [0.2, 0.25) is 0 Å². The standard InChI is InChI=1S/C14H26N2/c1-11(2)9-16-14(10-15)7-5-6-13(8-14)12(3)4/h11-13,16H,5-9H2,1-4H3. The summed E-state index contributed by atoms with van der Waals surface area (Å²) in [6.45, 7) is 9.90. The van der Waals surface area contributed by atoms with Crippen molar-refractivity contribution in [2.45, 2.75) is 58.9 Å². The largest absolute Gasteiger partial charge is 0.299 e. The van der Waals surface area contributed by atoms with E-state index in [1.165, 1.54) is 12.8 Å². The highest BCUT2D eigenvalue weighted by Crippen LogP contribution is 2.36. The second kappa shape index (κ2) is 5.68. The molecule has 92 valence electrons. The third-order valence-corrected chi connectivity index (χ3v) is 3.79. The fourth-order valence-corrected chi connectivity index (χ4v) is 2.59. The van der Waals surface area contributed by atoms with Gasteiger partial charge in [0.1, 0.15) is 5.54 Å². The molecule has 0 heterocycles. The first kappa shape index (κ1) is 13.5. The van der Waals surface area contributed by atoms with Crippen LogP contribution in [0.3, 0.4) is 0 Å². The summed E-state index contributed by atoms with van der Waals surface area (Å²) in [6.07, 6.45) is 4.55. The lowest BCUT2D eigenvalue weighted by Gasteiger charge is -2.38. The Morgan fingerprint density at radius 1 is 1.38 bits per heavy atom. The van der Waals surface area contributed by atoms with E-state index in [1.54, 1.807) is 0 Å². The molecule has 1 saturated carbocycles. The summed E-state index contributed by atoms with van der Waals surface area (Å²) in [4.78, 5) is 0. The molecular formula is C14H26N2. The van der Waals surface area contributed by atoms with Gasteiger partial charge in [-0.25, -0.2) is 0 Å². The predicted molar refractivity (Wildman–Crippen MR) is 68.0 cm³/mol. The van der Waals surface area contributed by atoms with E-state index in [2.05, 4.69) is 39.1 Å². The number of hydrogen-bond acceptors (Lipinski definition) is 2.